The minimum atomic E-state index is 0.204. The lowest BCUT2D eigenvalue weighted by molar-refractivity contribution is 0.0683. The van der Waals surface area contributed by atoms with E-state index in [0.29, 0.717) is 5.92 Å². The number of aromatic nitrogens is 1. The van der Waals surface area contributed by atoms with Gasteiger partial charge in [-0.2, -0.15) is 0 Å². The number of hydrogen-bond donors (Lipinski definition) is 0. The van der Waals surface area contributed by atoms with Crippen molar-refractivity contribution in [3.63, 3.8) is 0 Å². The van der Waals surface area contributed by atoms with Crippen LogP contribution in [-0.4, -0.2) is 46.0 Å². The Balaban J connectivity index is 1.52. The van der Waals surface area contributed by atoms with Gasteiger partial charge in [0.2, 0.25) is 0 Å². The first-order valence-electron chi connectivity index (χ1n) is 11.4. The second kappa shape index (κ2) is 7.64. The molecule has 1 unspecified atom stereocenters. The van der Waals surface area contributed by atoms with E-state index < -0.39 is 0 Å². The molecule has 1 amide bonds. The lowest BCUT2D eigenvalue weighted by Crippen LogP contribution is -2.43. The largest absolute Gasteiger partial charge is 0.340 e. The molecule has 1 aromatic carbocycles. The van der Waals surface area contributed by atoms with Crippen LogP contribution >= 0.6 is 0 Å². The highest BCUT2D eigenvalue weighted by molar-refractivity contribution is 5.99. The van der Waals surface area contributed by atoms with Crippen LogP contribution in [0.4, 0.5) is 0 Å². The molecule has 0 radical (unpaired) electrons. The third-order valence-electron chi connectivity index (χ3n) is 7.38. The zero-order chi connectivity index (χ0) is 20.0. The van der Waals surface area contributed by atoms with E-state index in [1.54, 1.807) is 0 Å². The monoisotopic (exact) mass is 391 g/mol. The van der Waals surface area contributed by atoms with Crippen molar-refractivity contribution in [2.45, 2.75) is 64.6 Å². The number of likely N-dealkylation sites (tertiary alicyclic amines) is 1. The Bertz CT molecular complexity index is 939. The fourth-order valence-electron chi connectivity index (χ4n) is 5.56. The minimum Gasteiger partial charge on any atom is -0.340 e. The number of piperidine rings is 1. The molecule has 4 nitrogen and oxygen atoms in total. The smallest absolute Gasteiger partial charge is 0.253 e. The average molecular weight is 392 g/mol. The number of carbonyl (C=O) groups excluding carboxylic acids is 1. The topological polar surface area (TPSA) is 28.5 Å². The maximum atomic E-state index is 13.2. The second-order valence-electron chi connectivity index (χ2n) is 9.36. The van der Waals surface area contributed by atoms with Gasteiger partial charge in [-0.15, -0.1) is 6.58 Å². The summed E-state index contributed by atoms with van der Waals surface area (Å²) in [6.07, 6.45) is 9.51. The molecule has 154 valence electrons. The summed E-state index contributed by atoms with van der Waals surface area (Å²) in [6, 6.07) is 7.16. The number of nitrogens with zero attached hydrogens (tertiary/aromatic N) is 3. The van der Waals surface area contributed by atoms with Crippen molar-refractivity contribution in [1.82, 2.24) is 14.4 Å². The fourth-order valence-corrected chi connectivity index (χ4v) is 5.56. The summed E-state index contributed by atoms with van der Waals surface area (Å²) in [7, 11) is 0. The molecule has 2 aliphatic heterocycles. The number of carbonyl (C=O) groups is 1. The molecule has 4 heteroatoms. The number of rotatable bonds is 4. The van der Waals surface area contributed by atoms with Gasteiger partial charge in [-0.05, 0) is 55.4 Å². The molecular formula is C25H33N3O. The Morgan fingerprint density at radius 1 is 1.21 bits per heavy atom. The molecule has 0 N–H and O–H groups in total. The molecule has 0 bridgehead atoms. The van der Waals surface area contributed by atoms with Crippen molar-refractivity contribution >= 4 is 16.8 Å². The van der Waals surface area contributed by atoms with Gasteiger partial charge < -0.3 is 9.47 Å². The van der Waals surface area contributed by atoms with Gasteiger partial charge in [-0.1, -0.05) is 19.4 Å². The van der Waals surface area contributed by atoms with Crippen molar-refractivity contribution in [2.75, 3.05) is 19.6 Å². The molecular weight excluding hydrogens is 358 g/mol. The molecule has 2 aromatic rings. The Hall–Kier alpha value is -2.07. The van der Waals surface area contributed by atoms with Crippen LogP contribution in [-0.2, 0) is 19.5 Å². The van der Waals surface area contributed by atoms with E-state index >= 15 is 0 Å². The van der Waals surface area contributed by atoms with Crippen LogP contribution in [0.25, 0.3) is 10.9 Å². The van der Waals surface area contributed by atoms with Crippen molar-refractivity contribution in [3.05, 3.63) is 47.7 Å². The summed E-state index contributed by atoms with van der Waals surface area (Å²) in [5.74, 6) is 0.809. The van der Waals surface area contributed by atoms with E-state index in [1.165, 1.54) is 47.8 Å². The molecule has 1 aromatic heterocycles. The molecule has 3 aliphatic rings. The predicted molar refractivity (Wildman–Crippen MR) is 118 cm³/mol. The third kappa shape index (κ3) is 3.31. The zero-order valence-corrected chi connectivity index (χ0v) is 17.7. The first-order chi connectivity index (χ1) is 14.2. The number of amides is 1. The molecule has 1 aliphatic carbocycles. The Morgan fingerprint density at radius 2 is 2.07 bits per heavy atom. The molecule has 29 heavy (non-hydrogen) atoms. The normalized spacial score (nSPS) is 23.1. The first-order valence-corrected chi connectivity index (χ1v) is 11.4. The van der Waals surface area contributed by atoms with Crippen LogP contribution in [0.3, 0.4) is 0 Å². The van der Waals surface area contributed by atoms with Gasteiger partial charge >= 0.3 is 0 Å². The summed E-state index contributed by atoms with van der Waals surface area (Å²) in [5.41, 5.74) is 5.01. The summed E-state index contributed by atoms with van der Waals surface area (Å²) >= 11 is 0. The fraction of sp³-hybridized carbons (Fsp3) is 0.560. The SMILES string of the molecule is C=CCn1c2c(c3cc(C(=O)N4CCCC(C)C4)ccc31)CN(C1CCC1)CC2. The average Bonchev–Trinajstić information content (AvgIpc) is 2.99. The number of benzene rings is 1. The Labute approximate surface area is 174 Å². The summed E-state index contributed by atoms with van der Waals surface area (Å²) < 4.78 is 2.42. The standard InChI is InChI=1S/C25H33N3O/c1-3-12-28-23-10-9-19(25(29)27-13-5-6-18(2)16-27)15-21(23)22-17-26(14-11-24(22)28)20-7-4-8-20/h3,9-10,15,18,20H,1,4-8,11-14,16-17H2,2H3. The minimum absolute atomic E-state index is 0.204. The zero-order valence-electron chi connectivity index (χ0n) is 17.7. The number of fused-ring (bicyclic) bond motifs is 3. The quantitative estimate of drug-likeness (QED) is 0.712. The molecule has 1 saturated carbocycles. The van der Waals surface area contributed by atoms with E-state index in [9.17, 15) is 4.79 Å². The number of hydrogen-bond acceptors (Lipinski definition) is 2. The third-order valence-corrected chi connectivity index (χ3v) is 7.38. The van der Waals surface area contributed by atoms with Gasteiger partial charge in [0.1, 0.15) is 0 Å². The van der Waals surface area contributed by atoms with Gasteiger partial charge in [0, 0.05) is 67.3 Å². The number of allylic oxidation sites excluding steroid dienone is 1. The van der Waals surface area contributed by atoms with Gasteiger partial charge in [-0.3, -0.25) is 9.69 Å². The van der Waals surface area contributed by atoms with Crippen molar-refractivity contribution < 1.29 is 4.79 Å². The highest BCUT2D eigenvalue weighted by Crippen LogP contribution is 2.35. The van der Waals surface area contributed by atoms with Crippen LogP contribution in [0.15, 0.2) is 30.9 Å². The van der Waals surface area contributed by atoms with E-state index in [1.807, 2.05) is 12.1 Å². The Kier molecular flexibility index (Phi) is 4.99. The lowest BCUT2D eigenvalue weighted by Gasteiger charge is -2.40. The molecule has 1 saturated heterocycles. The maximum Gasteiger partial charge on any atom is 0.253 e. The Morgan fingerprint density at radius 3 is 2.79 bits per heavy atom. The van der Waals surface area contributed by atoms with Crippen LogP contribution < -0.4 is 0 Å². The van der Waals surface area contributed by atoms with E-state index in [0.717, 1.165) is 57.2 Å². The summed E-state index contributed by atoms with van der Waals surface area (Å²) in [4.78, 5) is 17.9. The van der Waals surface area contributed by atoms with Crippen LogP contribution in [0.2, 0.25) is 0 Å². The van der Waals surface area contributed by atoms with E-state index in [2.05, 4.69) is 40.0 Å². The van der Waals surface area contributed by atoms with Crippen LogP contribution in [0.1, 0.15) is 60.6 Å². The van der Waals surface area contributed by atoms with Crippen molar-refractivity contribution in [1.29, 1.82) is 0 Å². The first kappa shape index (κ1) is 18.9. The van der Waals surface area contributed by atoms with Crippen LogP contribution in [0, 0.1) is 5.92 Å². The summed E-state index contributed by atoms with van der Waals surface area (Å²) in [5, 5.41) is 1.28. The molecule has 1 atom stereocenters. The van der Waals surface area contributed by atoms with Gasteiger partial charge in [0.05, 0.1) is 0 Å². The maximum absolute atomic E-state index is 13.2. The predicted octanol–water partition coefficient (Wildman–Crippen LogP) is 4.61. The van der Waals surface area contributed by atoms with Gasteiger partial charge in [0.15, 0.2) is 0 Å². The van der Waals surface area contributed by atoms with Crippen molar-refractivity contribution in [3.8, 4) is 0 Å². The second-order valence-corrected chi connectivity index (χ2v) is 9.36. The molecule has 0 spiro atoms. The van der Waals surface area contributed by atoms with Gasteiger partial charge in [0.25, 0.3) is 5.91 Å². The van der Waals surface area contributed by atoms with E-state index in [4.69, 9.17) is 0 Å². The molecule has 2 fully saturated rings. The van der Waals surface area contributed by atoms with Crippen LogP contribution in [0.5, 0.6) is 0 Å². The van der Waals surface area contributed by atoms with Gasteiger partial charge in [-0.25, -0.2) is 0 Å². The lowest BCUT2D eigenvalue weighted by atomic mass is 9.89. The van der Waals surface area contributed by atoms with E-state index in [-0.39, 0.29) is 5.91 Å². The highest BCUT2D eigenvalue weighted by atomic mass is 16.2. The van der Waals surface area contributed by atoms with Crippen molar-refractivity contribution in [2.24, 2.45) is 5.92 Å². The molecule has 5 rings (SSSR count). The molecule has 3 heterocycles. The summed E-state index contributed by atoms with van der Waals surface area (Å²) in [6.45, 7) is 11.0. The highest BCUT2D eigenvalue weighted by Gasteiger charge is 2.31.